The number of carbonyl (C=O) groups is 4. The smallest absolute Gasteiger partial charge is 0.462 e. The first kappa shape index (κ1) is 88.1. The molecule has 0 rings (SSSR count). The molecule has 17 nitrogen and oxygen atoms in total. The first-order chi connectivity index (χ1) is 43.2. The van der Waals surface area contributed by atoms with Gasteiger partial charge in [-0.1, -0.05) is 299 Å². The quantitative estimate of drug-likeness (QED) is 0.0222. The summed E-state index contributed by atoms with van der Waals surface area (Å²) in [7, 11) is -9.91. The maximum absolute atomic E-state index is 13.0. The van der Waals surface area contributed by atoms with Crippen LogP contribution < -0.4 is 0 Å². The molecule has 0 bridgehead atoms. The molecule has 0 fully saturated rings. The molecule has 7 atom stereocenters. The number of hydrogen-bond donors (Lipinski definition) is 3. The van der Waals surface area contributed by atoms with Crippen LogP contribution in [0.5, 0.6) is 0 Å². The van der Waals surface area contributed by atoms with Crippen molar-refractivity contribution in [3.63, 3.8) is 0 Å². The largest absolute Gasteiger partial charge is 0.472 e. The highest BCUT2D eigenvalue weighted by Gasteiger charge is 2.30. The molecule has 0 aromatic carbocycles. The van der Waals surface area contributed by atoms with Gasteiger partial charge < -0.3 is 33.8 Å². The first-order valence-corrected chi connectivity index (χ1v) is 39.8. The van der Waals surface area contributed by atoms with Crippen molar-refractivity contribution in [3.05, 3.63) is 0 Å². The van der Waals surface area contributed by atoms with Gasteiger partial charge in [0.25, 0.3) is 0 Å². The van der Waals surface area contributed by atoms with Crippen molar-refractivity contribution >= 4 is 39.5 Å². The van der Waals surface area contributed by atoms with E-state index in [9.17, 15) is 43.2 Å². The van der Waals surface area contributed by atoms with Crippen molar-refractivity contribution in [2.24, 2.45) is 23.7 Å². The van der Waals surface area contributed by atoms with Gasteiger partial charge in [-0.25, -0.2) is 9.13 Å². The maximum Gasteiger partial charge on any atom is 0.472 e. The summed E-state index contributed by atoms with van der Waals surface area (Å²) in [6.07, 6.45) is 43.0. The average Bonchev–Trinajstić information content (AvgIpc) is 3.70. The van der Waals surface area contributed by atoms with Gasteiger partial charge in [0.15, 0.2) is 12.2 Å². The van der Waals surface area contributed by atoms with Crippen LogP contribution >= 0.6 is 15.6 Å². The van der Waals surface area contributed by atoms with Crippen LogP contribution in [0.3, 0.4) is 0 Å². The van der Waals surface area contributed by atoms with E-state index < -0.39 is 97.5 Å². The minimum absolute atomic E-state index is 0.104. The van der Waals surface area contributed by atoms with E-state index in [1.54, 1.807) is 0 Å². The van der Waals surface area contributed by atoms with Gasteiger partial charge in [0.2, 0.25) is 0 Å². The van der Waals surface area contributed by atoms with Crippen molar-refractivity contribution < 1.29 is 80.2 Å². The van der Waals surface area contributed by atoms with Crippen molar-refractivity contribution in [1.29, 1.82) is 0 Å². The summed E-state index contributed by atoms with van der Waals surface area (Å²) in [5.41, 5.74) is 0. The lowest BCUT2D eigenvalue weighted by Gasteiger charge is -2.21. The fraction of sp³-hybridized carbons (Fsp3) is 0.944. The van der Waals surface area contributed by atoms with Crippen LogP contribution in [-0.4, -0.2) is 96.7 Å². The summed E-state index contributed by atoms with van der Waals surface area (Å²) in [6, 6.07) is 0. The van der Waals surface area contributed by atoms with E-state index in [-0.39, 0.29) is 25.7 Å². The summed E-state index contributed by atoms with van der Waals surface area (Å²) in [5.74, 6) is 0.907. The van der Waals surface area contributed by atoms with Crippen molar-refractivity contribution in [2.75, 3.05) is 39.6 Å². The van der Waals surface area contributed by atoms with Crippen LogP contribution in [0.15, 0.2) is 0 Å². The number of rotatable bonds is 68. The highest BCUT2D eigenvalue weighted by molar-refractivity contribution is 7.47. The van der Waals surface area contributed by atoms with Gasteiger partial charge >= 0.3 is 39.5 Å². The van der Waals surface area contributed by atoms with Crippen molar-refractivity contribution in [3.8, 4) is 0 Å². The number of phosphoric ester groups is 2. The molecule has 3 N–H and O–H groups in total. The van der Waals surface area contributed by atoms with Crippen LogP contribution in [0.25, 0.3) is 0 Å². The number of ether oxygens (including phenoxy) is 4. The van der Waals surface area contributed by atoms with E-state index in [4.69, 9.17) is 37.0 Å². The number of aliphatic hydroxyl groups excluding tert-OH is 1. The molecular weight excluding hydrogens is 1190 g/mol. The number of carbonyl (C=O) groups excluding carboxylic acids is 4. The third-order valence-corrected chi connectivity index (χ3v) is 18.9. The topological polar surface area (TPSA) is 237 Å². The number of aliphatic hydroxyl groups is 1. The molecule has 0 amide bonds. The fourth-order valence-electron chi connectivity index (χ4n) is 10.6. The third-order valence-electron chi connectivity index (χ3n) is 17.0. The number of esters is 4. The Hall–Kier alpha value is -1.94. The summed E-state index contributed by atoms with van der Waals surface area (Å²) in [6.45, 7) is 14.1. The van der Waals surface area contributed by atoms with Gasteiger partial charge in [0.1, 0.15) is 19.3 Å². The molecule has 0 heterocycles. The Labute approximate surface area is 549 Å². The van der Waals surface area contributed by atoms with Gasteiger partial charge in [-0.15, -0.1) is 0 Å². The molecule has 0 aromatic rings. The highest BCUT2D eigenvalue weighted by Crippen LogP contribution is 2.45. The monoisotopic (exact) mass is 1320 g/mol. The number of phosphoric acid groups is 2. The van der Waals surface area contributed by atoms with Crippen LogP contribution in [-0.2, 0) is 65.4 Å². The van der Waals surface area contributed by atoms with E-state index in [0.29, 0.717) is 25.7 Å². The molecule has 0 aromatic heterocycles. The second-order valence-electron chi connectivity index (χ2n) is 27.1. The van der Waals surface area contributed by atoms with Crippen LogP contribution in [0, 0.1) is 23.7 Å². The van der Waals surface area contributed by atoms with Gasteiger partial charge in [-0.3, -0.25) is 37.3 Å². The van der Waals surface area contributed by atoms with E-state index in [1.807, 2.05) is 0 Å². The average molecular weight is 1330 g/mol. The Bertz CT molecular complexity index is 1790. The zero-order valence-electron chi connectivity index (χ0n) is 58.8. The second-order valence-corrected chi connectivity index (χ2v) is 30.0. The van der Waals surface area contributed by atoms with E-state index >= 15 is 0 Å². The lowest BCUT2D eigenvalue weighted by Crippen LogP contribution is -2.30. The number of unbranched alkanes of at least 4 members (excludes halogenated alkanes) is 32. The van der Waals surface area contributed by atoms with Crippen LogP contribution in [0.1, 0.15) is 351 Å². The summed E-state index contributed by atoms with van der Waals surface area (Å²) in [5, 5.41) is 10.6. The molecule has 0 radical (unpaired) electrons. The Balaban J connectivity index is 5.27. The molecule has 0 saturated carbocycles. The lowest BCUT2D eigenvalue weighted by molar-refractivity contribution is -0.161. The standard InChI is InChI=1S/C71H138O17P2/c1-9-63(7)49-41-33-25-21-22-28-38-46-54-71(76)88-67(58-82-69(74)52-44-36-30-29-34-42-50-64(8)10-2)60-86-90(79,80)84-56-65(72)55-83-89(77,78)85-59-66(87-70(75)53-45-37-27-20-16-12-14-18-24-32-40-48-62(5)6)57-81-68(73)51-43-35-26-19-15-11-13-17-23-31-39-47-61(3)4/h61-67,72H,9-60H2,1-8H3,(H,77,78)(H,79,80)/t63?,64?,65-,66-,67-/m1/s1. The molecule has 4 unspecified atom stereocenters. The predicted octanol–water partition coefficient (Wildman–Crippen LogP) is 20.1. The lowest BCUT2D eigenvalue weighted by atomic mass is 9.99. The Kier molecular flexibility index (Phi) is 59.4. The minimum Gasteiger partial charge on any atom is -0.462 e. The molecule has 0 spiro atoms. The summed E-state index contributed by atoms with van der Waals surface area (Å²) < 4.78 is 68.3. The Morgan fingerprint density at radius 3 is 0.789 bits per heavy atom. The van der Waals surface area contributed by atoms with Gasteiger partial charge in [0.05, 0.1) is 26.4 Å². The molecular formula is C71H138O17P2. The summed E-state index contributed by atoms with van der Waals surface area (Å²) in [4.78, 5) is 72.6. The normalized spacial score (nSPS) is 14.9. The Morgan fingerprint density at radius 2 is 0.533 bits per heavy atom. The van der Waals surface area contributed by atoms with Gasteiger partial charge in [0, 0.05) is 25.7 Å². The van der Waals surface area contributed by atoms with E-state index in [1.165, 1.54) is 148 Å². The molecule has 0 aliphatic heterocycles. The molecule has 0 saturated heterocycles. The fourth-order valence-corrected chi connectivity index (χ4v) is 12.2. The molecule has 19 heteroatoms. The first-order valence-electron chi connectivity index (χ1n) is 36.8. The molecule has 0 aliphatic carbocycles. The predicted molar refractivity (Wildman–Crippen MR) is 363 cm³/mol. The van der Waals surface area contributed by atoms with Crippen molar-refractivity contribution in [2.45, 2.75) is 369 Å². The highest BCUT2D eigenvalue weighted by atomic mass is 31.2. The maximum atomic E-state index is 13.0. The third kappa shape index (κ3) is 62.2. The molecule has 0 aliphatic rings. The Morgan fingerprint density at radius 1 is 0.311 bits per heavy atom. The van der Waals surface area contributed by atoms with Crippen molar-refractivity contribution in [1.82, 2.24) is 0 Å². The molecule has 534 valence electrons. The second kappa shape index (κ2) is 60.7. The minimum atomic E-state index is -4.95. The van der Waals surface area contributed by atoms with Crippen LogP contribution in [0.4, 0.5) is 0 Å². The van der Waals surface area contributed by atoms with E-state index in [2.05, 4.69) is 55.4 Å². The number of hydrogen-bond acceptors (Lipinski definition) is 15. The zero-order chi connectivity index (χ0) is 66.8. The van der Waals surface area contributed by atoms with Gasteiger partial charge in [-0.05, 0) is 49.4 Å². The van der Waals surface area contributed by atoms with E-state index in [0.717, 1.165) is 120 Å². The SMILES string of the molecule is CCC(C)CCCCCCCCCCC(=O)O[C@H](COC(=O)CCCCCCCCC(C)CC)COP(=O)(O)OC[C@H](O)COP(=O)(O)OC[C@@H](COC(=O)CCCCCCCCCCCCCC(C)C)OC(=O)CCCCCCCCCCCCCC(C)C. The summed E-state index contributed by atoms with van der Waals surface area (Å²) >= 11 is 0. The zero-order valence-corrected chi connectivity index (χ0v) is 60.6. The van der Waals surface area contributed by atoms with Crippen LogP contribution in [0.2, 0.25) is 0 Å². The van der Waals surface area contributed by atoms with Gasteiger partial charge in [-0.2, -0.15) is 0 Å². The molecule has 90 heavy (non-hydrogen) atoms.